The van der Waals surface area contributed by atoms with E-state index in [9.17, 15) is 9.59 Å². The van der Waals surface area contributed by atoms with Gasteiger partial charge in [-0.15, -0.1) is 0 Å². The van der Waals surface area contributed by atoms with Crippen molar-refractivity contribution in [3.63, 3.8) is 0 Å². The number of ketones is 1. The lowest BCUT2D eigenvalue weighted by Crippen LogP contribution is -2.29. The summed E-state index contributed by atoms with van der Waals surface area (Å²) in [5, 5.41) is 4.13. The summed E-state index contributed by atoms with van der Waals surface area (Å²) in [4.78, 5) is 36.6. The Kier molecular flexibility index (Phi) is 7.86. The molecule has 0 spiro atoms. The molecule has 0 saturated heterocycles. The van der Waals surface area contributed by atoms with Crippen LogP contribution in [0.25, 0.3) is 0 Å². The molecule has 0 aromatic carbocycles. The van der Waals surface area contributed by atoms with Crippen molar-refractivity contribution >= 4 is 45.4 Å². The molecular weight excluding hydrogens is 460 g/mol. The lowest BCUT2D eigenvalue weighted by molar-refractivity contribution is -0.120. The lowest BCUT2D eigenvalue weighted by atomic mass is 9.93. The molecule has 1 N–H and O–H groups in total. The van der Waals surface area contributed by atoms with Gasteiger partial charge in [0.2, 0.25) is 5.91 Å². The number of pyridine rings is 1. The molecule has 4 rings (SSSR count). The minimum Gasteiger partial charge on any atom is -0.493 e. The van der Waals surface area contributed by atoms with Gasteiger partial charge in [0.15, 0.2) is 16.0 Å². The zero-order chi connectivity index (χ0) is 23.4. The second-order valence-corrected chi connectivity index (χ2v) is 10.5. The number of hydrogen-bond donors (Lipinski definition) is 1. The molecule has 2 atom stereocenters. The molecule has 2 aliphatic rings. The lowest BCUT2D eigenvalue weighted by Gasteiger charge is -2.28. The number of thiazole rings is 1. The van der Waals surface area contributed by atoms with E-state index in [2.05, 4.69) is 15.2 Å². The fraction of sp³-hybridized carbons (Fsp3) is 0.583. The Balaban J connectivity index is 1.35. The van der Waals surface area contributed by atoms with E-state index in [0.717, 1.165) is 74.3 Å². The zero-order valence-electron chi connectivity index (χ0n) is 19.2. The highest BCUT2D eigenvalue weighted by molar-refractivity contribution is 7.15. The quantitative estimate of drug-likeness (QED) is 0.420. The van der Waals surface area contributed by atoms with Crippen molar-refractivity contribution in [3.8, 4) is 5.75 Å². The highest BCUT2D eigenvalue weighted by Crippen LogP contribution is 2.35. The SMILES string of the molecule is COc1cc(N2CCc3nc(NC(=O)C4CCCC(CCC(C)=O)CC4)sc3C2)cnc1Cl. The van der Waals surface area contributed by atoms with E-state index in [1.54, 1.807) is 31.6 Å². The predicted molar refractivity (Wildman–Crippen MR) is 131 cm³/mol. The van der Waals surface area contributed by atoms with Crippen LogP contribution in [-0.2, 0) is 22.6 Å². The molecule has 1 aliphatic carbocycles. The monoisotopic (exact) mass is 490 g/mol. The summed E-state index contributed by atoms with van der Waals surface area (Å²) in [6.45, 7) is 3.19. The summed E-state index contributed by atoms with van der Waals surface area (Å²) in [7, 11) is 1.58. The number of amides is 1. The Morgan fingerprint density at radius 2 is 2.15 bits per heavy atom. The van der Waals surface area contributed by atoms with Crippen molar-refractivity contribution in [2.45, 2.75) is 64.8 Å². The number of anilines is 2. The van der Waals surface area contributed by atoms with Gasteiger partial charge in [-0.3, -0.25) is 4.79 Å². The Hall–Kier alpha value is -2.19. The average Bonchev–Trinajstić information content (AvgIpc) is 3.04. The Morgan fingerprint density at radius 3 is 2.94 bits per heavy atom. The van der Waals surface area contributed by atoms with Crippen LogP contribution in [0.1, 0.15) is 62.4 Å². The van der Waals surface area contributed by atoms with E-state index >= 15 is 0 Å². The van der Waals surface area contributed by atoms with Gasteiger partial charge >= 0.3 is 0 Å². The number of methoxy groups -OCH3 is 1. The maximum absolute atomic E-state index is 13.0. The molecule has 178 valence electrons. The van der Waals surface area contributed by atoms with Gasteiger partial charge in [-0.2, -0.15) is 0 Å². The zero-order valence-corrected chi connectivity index (χ0v) is 20.8. The van der Waals surface area contributed by atoms with Crippen LogP contribution in [0.15, 0.2) is 12.3 Å². The number of nitrogens with zero attached hydrogens (tertiary/aromatic N) is 3. The summed E-state index contributed by atoms with van der Waals surface area (Å²) in [6, 6.07) is 1.90. The molecule has 0 bridgehead atoms. The summed E-state index contributed by atoms with van der Waals surface area (Å²) in [6.07, 6.45) is 9.16. The summed E-state index contributed by atoms with van der Waals surface area (Å²) < 4.78 is 5.30. The maximum Gasteiger partial charge on any atom is 0.229 e. The van der Waals surface area contributed by atoms with Crippen molar-refractivity contribution in [3.05, 3.63) is 28.0 Å². The number of nitrogens with one attached hydrogen (secondary N) is 1. The number of Topliss-reactive ketones (excluding diaryl/α,β-unsaturated/α-hetero) is 1. The van der Waals surface area contributed by atoms with Crippen LogP contribution < -0.4 is 15.0 Å². The number of carbonyl (C=O) groups excluding carboxylic acids is 2. The first-order valence-electron chi connectivity index (χ1n) is 11.7. The molecule has 1 amide bonds. The summed E-state index contributed by atoms with van der Waals surface area (Å²) in [5.74, 6) is 1.48. The number of fused-ring (bicyclic) bond motifs is 1. The van der Waals surface area contributed by atoms with E-state index in [1.807, 2.05) is 6.07 Å². The Labute approximate surface area is 203 Å². The van der Waals surface area contributed by atoms with Crippen molar-refractivity contribution in [1.29, 1.82) is 0 Å². The normalized spacial score (nSPS) is 20.6. The first kappa shape index (κ1) is 24.0. The molecule has 33 heavy (non-hydrogen) atoms. The average molecular weight is 491 g/mol. The van der Waals surface area contributed by atoms with Crippen LogP contribution in [0.2, 0.25) is 5.15 Å². The number of ether oxygens (including phenoxy) is 1. The van der Waals surface area contributed by atoms with Gasteiger partial charge in [-0.05, 0) is 38.5 Å². The topological polar surface area (TPSA) is 84.4 Å². The minimum atomic E-state index is 0.0253. The van der Waals surface area contributed by atoms with Crippen LogP contribution >= 0.6 is 22.9 Å². The van der Waals surface area contributed by atoms with Crippen molar-refractivity contribution < 1.29 is 14.3 Å². The third-order valence-electron chi connectivity index (χ3n) is 6.70. The minimum absolute atomic E-state index is 0.0253. The number of aromatic nitrogens is 2. The van der Waals surface area contributed by atoms with Crippen molar-refractivity contribution in [2.24, 2.45) is 11.8 Å². The Bertz CT molecular complexity index is 1010. The summed E-state index contributed by atoms with van der Waals surface area (Å²) >= 11 is 7.62. The van der Waals surface area contributed by atoms with Crippen LogP contribution in [0.3, 0.4) is 0 Å². The molecule has 1 aliphatic heterocycles. The van der Waals surface area contributed by atoms with Crippen LogP contribution in [0, 0.1) is 11.8 Å². The van der Waals surface area contributed by atoms with Gasteiger partial charge in [0, 0.05) is 36.2 Å². The first-order valence-corrected chi connectivity index (χ1v) is 12.9. The largest absolute Gasteiger partial charge is 0.493 e. The van der Waals surface area contributed by atoms with Crippen molar-refractivity contribution in [1.82, 2.24) is 9.97 Å². The molecule has 1 fully saturated rings. The third-order valence-corrected chi connectivity index (χ3v) is 7.98. The number of rotatable bonds is 7. The van der Waals surface area contributed by atoms with E-state index in [1.165, 1.54) is 0 Å². The van der Waals surface area contributed by atoms with Crippen LogP contribution in [0.5, 0.6) is 5.75 Å². The standard InChI is InChI=1S/C24H31ClN4O3S/c1-15(30)6-7-16-4-3-5-17(9-8-16)23(31)28-24-27-19-10-11-29(14-21(19)33-24)18-12-20(32-2)22(25)26-13-18/h12-13,16-17H,3-11,14H2,1-2H3,(H,27,28,31). The number of halogens is 1. The maximum atomic E-state index is 13.0. The summed E-state index contributed by atoms with van der Waals surface area (Å²) in [5.41, 5.74) is 2.02. The smallest absolute Gasteiger partial charge is 0.229 e. The molecule has 2 aromatic rings. The molecule has 2 aromatic heterocycles. The molecule has 1 saturated carbocycles. The Morgan fingerprint density at radius 1 is 1.30 bits per heavy atom. The fourth-order valence-corrected chi connectivity index (χ4v) is 5.95. The van der Waals surface area contributed by atoms with E-state index < -0.39 is 0 Å². The fourth-order valence-electron chi connectivity index (χ4n) is 4.75. The van der Waals surface area contributed by atoms with Crippen molar-refractivity contribution in [2.75, 3.05) is 23.9 Å². The van der Waals surface area contributed by atoms with E-state index in [0.29, 0.717) is 28.4 Å². The molecule has 3 heterocycles. The predicted octanol–water partition coefficient (Wildman–Crippen LogP) is 5.27. The third kappa shape index (κ3) is 6.03. The van der Waals surface area contributed by atoms with Crippen LogP contribution in [-0.4, -0.2) is 35.3 Å². The molecule has 0 radical (unpaired) electrons. The molecular formula is C24H31ClN4O3S. The molecule has 2 unspecified atom stereocenters. The molecule has 7 nitrogen and oxygen atoms in total. The van der Waals surface area contributed by atoms with Gasteiger partial charge < -0.3 is 19.7 Å². The number of carbonyl (C=O) groups is 2. The van der Waals surface area contributed by atoms with Crippen LogP contribution in [0.4, 0.5) is 10.8 Å². The first-order chi connectivity index (χ1) is 15.9. The van der Waals surface area contributed by atoms with Gasteiger partial charge in [-0.25, -0.2) is 9.97 Å². The number of hydrogen-bond acceptors (Lipinski definition) is 7. The van der Waals surface area contributed by atoms with Gasteiger partial charge in [0.05, 0.1) is 31.2 Å². The van der Waals surface area contributed by atoms with Gasteiger partial charge in [-0.1, -0.05) is 35.8 Å². The highest BCUT2D eigenvalue weighted by Gasteiger charge is 2.27. The molecule has 9 heteroatoms. The van der Waals surface area contributed by atoms with Gasteiger partial charge in [0.25, 0.3) is 0 Å². The van der Waals surface area contributed by atoms with E-state index in [-0.39, 0.29) is 17.6 Å². The second kappa shape index (κ2) is 10.8. The van der Waals surface area contributed by atoms with Gasteiger partial charge in [0.1, 0.15) is 5.78 Å². The second-order valence-electron chi connectivity index (χ2n) is 9.05. The van der Waals surface area contributed by atoms with E-state index in [4.69, 9.17) is 21.3 Å². The highest BCUT2D eigenvalue weighted by atomic mass is 35.5.